The van der Waals surface area contributed by atoms with E-state index in [2.05, 4.69) is 15.6 Å². The molecule has 9 nitrogen and oxygen atoms in total. The average molecular weight is 305 g/mol. The number of phenols is 1. The Morgan fingerprint density at radius 2 is 2.05 bits per heavy atom. The number of hydrogen-bond donors (Lipinski definition) is 3. The van der Waals surface area contributed by atoms with Gasteiger partial charge in [-0.1, -0.05) is 0 Å². The number of benzene rings is 1. The first-order valence-electron chi connectivity index (χ1n) is 6.46. The maximum atomic E-state index is 11.8. The van der Waals surface area contributed by atoms with Crippen molar-refractivity contribution in [3.05, 3.63) is 46.3 Å². The molecule has 0 saturated carbocycles. The molecule has 0 aliphatic carbocycles. The maximum Gasteiger partial charge on any atom is 0.406 e. The van der Waals surface area contributed by atoms with Gasteiger partial charge in [0.2, 0.25) is 12.1 Å². The van der Waals surface area contributed by atoms with Crippen LogP contribution in [0, 0.1) is 10.1 Å². The molecule has 0 atom stereocenters. The van der Waals surface area contributed by atoms with Crippen molar-refractivity contribution in [1.29, 1.82) is 0 Å². The Morgan fingerprint density at radius 3 is 2.68 bits per heavy atom. The molecular formula is C13H15N5O4. The molecular weight excluding hydrogens is 290 g/mol. The highest BCUT2D eigenvalue weighted by Gasteiger charge is 2.19. The molecule has 1 heterocycles. The zero-order valence-corrected chi connectivity index (χ0v) is 11.8. The van der Waals surface area contributed by atoms with Crippen LogP contribution in [0.5, 0.6) is 5.75 Å². The number of aromatic hydroxyl groups is 1. The van der Waals surface area contributed by atoms with Gasteiger partial charge in [0.05, 0.1) is 0 Å². The van der Waals surface area contributed by atoms with Crippen LogP contribution in [0.3, 0.4) is 0 Å². The molecule has 0 spiro atoms. The van der Waals surface area contributed by atoms with Crippen molar-refractivity contribution in [2.75, 3.05) is 18.4 Å². The second kappa shape index (κ2) is 6.57. The molecule has 0 unspecified atom stereocenters. The summed E-state index contributed by atoms with van der Waals surface area (Å²) in [4.78, 5) is 25.7. The van der Waals surface area contributed by atoms with Crippen LogP contribution in [-0.4, -0.2) is 38.6 Å². The summed E-state index contributed by atoms with van der Waals surface area (Å²) in [5.74, 6) is -0.181. The molecule has 116 valence electrons. The van der Waals surface area contributed by atoms with Gasteiger partial charge in [-0.25, -0.2) is 0 Å². The lowest BCUT2D eigenvalue weighted by Crippen LogP contribution is -2.29. The fraction of sp³-hybridized carbons (Fsp3) is 0.231. The Kier molecular flexibility index (Phi) is 4.57. The summed E-state index contributed by atoms with van der Waals surface area (Å²) in [6, 6.07) is 5.85. The van der Waals surface area contributed by atoms with Gasteiger partial charge in [0, 0.05) is 25.7 Å². The van der Waals surface area contributed by atoms with E-state index in [9.17, 15) is 14.9 Å². The third-order valence-corrected chi connectivity index (χ3v) is 2.92. The number of nitrogens with one attached hydrogen (secondary N) is 2. The topological polar surface area (TPSA) is 122 Å². The summed E-state index contributed by atoms with van der Waals surface area (Å²) in [6.45, 7) is 0.590. The first-order valence-corrected chi connectivity index (χ1v) is 6.46. The Labute approximate surface area is 125 Å². The van der Waals surface area contributed by atoms with E-state index in [0.29, 0.717) is 12.1 Å². The predicted molar refractivity (Wildman–Crippen MR) is 78.8 cm³/mol. The summed E-state index contributed by atoms with van der Waals surface area (Å²) in [6.07, 6.45) is 1.34. The number of carbonyl (C=O) groups is 1. The number of nitro groups is 1. The number of rotatable bonds is 6. The van der Waals surface area contributed by atoms with Crippen molar-refractivity contribution in [3.63, 3.8) is 0 Å². The molecule has 2 rings (SSSR count). The number of aromatic nitrogens is 2. The standard InChI is InChI=1S/C13H15N5O4/c1-17-8-16-12(18(21)22)11(17)14-6-7-15-13(20)9-2-4-10(19)5-3-9/h2-5,8,14,19H,6-7H2,1H3,(H,15,20). The third kappa shape index (κ3) is 3.51. The second-order valence-corrected chi connectivity index (χ2v) is 4.51. The zero-order chi connectivity index (χ0) is 16.1. The molecule has 0 aliphatic rings. The molecule has 9 heteroatoms. The van der Waals surface area contributed by atoms with Gasteiger partial charge < -0.3 is 25.9 Å². The Bertz CT molecular complexity index is 680. The number of carbonyl (C=O) groups excluding carboxylic acids is 1. The van der Waals surface area contributed by atoms with Crippen molar-refractivity contribution in [3.8, 4) is 5.75 Å². The summed E-state index contributed by atoms with van der Waals surface area (Å²) >= 11 is 0. The number of aryl methyl sites for hydroxylation is 1. The van der Waals surface area contributed by atoms with E-state index < -0.39 is 4.92 Å². The summed E-state index contributed by atoms with van der Waals surface area (Å²) in [5, 5.41) is 25.5. The number of anilines is 1. The van der Waals surface area contributed by atoms with Gasteiger partial charge in [0.15, 0.2) is 0 Å². The average Bonchev–Trinajstić information content (AvgIpc) is 2.85. The number of imidazole rings is 1. The molecule has 0 fully saturated rings. The van der Waals surface area contributed by atoms with Crippen molar-refractivity contribution in [1.82, 2.24) is 14.9 Å². The van der Waals surface area contributed by atoms with Crippen LogP contribution >= 0.6 is 0 Å². The van der Waals surface area contributed by atoms with Crippen LogP contribution in [0.15, 0.2) is 30.6 Å². The van der Waals surface area contributed by atoms with Crippen LogP contribution < -0.4 is 10.6 Å². The van der Waals surface area contributed by atoms with Gasteiger partial charge in [-0.05, 0) is 34.2 Å². The van der Waals surface area contributed by atoms with Crippen LogP contribution in [0.4, 0.5) is 11.6 Å². The fourth-order valence-corrected chi connectivity index (χ4v) is 1.83. The van der Waals surface area contributed by atoms with Crippen molar-refractivity contribution < 1.29 is 14.8 Å². The number of nitrogens with zero attached hydrogens (tertiary/aromatic N) is 3. The molecule has 0 bridgehead atoms. The maximum absolute atomic E-state index is 11.8. The lowest BCUT2D eigenvalue weighted by molar-refractivity contribution is -0.388. The smallest absolute Gasteiger partial charge is 0.406 e. The lowest BCUT2D eigenvalue weighted by Gasteiger charge is -2.08. The minimum atomic E-state index is -0.572. The van der Waals surface area contributed by atoms with E-state index >= 15 is 0 Å². The first kappa shape index (κ1) is 15.3. The Balaban J connectivity index is 1.85. The number of phenolic OH excluding ortho intramolecular Hbond substituents is 1. The molecule has 0 radical (unpaired) electrons. The highest BCUT2D eigenvalue weighted by Crippen LogP contribution is 2.20. The fourth-order valence-electron chi connectivity index (χ4n) is 1.83. The van der Waals surface area contributed by atoms with Gasteiger partial charge in [0.1, 0.15) is 5.75 Å². The van der Waals surface area contributed by atoms with Crippen LogP contribution in [-0.2, 0) is 7.05 Å². The molecule has 22 heavy (non-hydrogen) atoms. The number of hydrogen-bond acceptors (Lipinski definition) is 6. The van der Waals surface area contributed by atoms with E-state index in [4.69, 9.17) is 5.11 Å². The van der Waals surface area contributed by atoms with Crippen LogP contribution in [0.25, 0.3) is 0 Å². The second-order valence-electron chi connectivity index (χ2n) is 4.51. The Hall–Kier alpha value is -3.10. The summed E-state index contributed by atoms with van der Waals surface area (Å²) < 4.78 is 1.50. The minimum absolute atomic E-state index is 0.0849. The van der Waals surface area contributed by atoms with Gasteiger partial charge in [-0.3, -0.25) is 9.36 Å². The minimum Gasteiger partial charge on any atom is -0.508 e. The van der Waals surface area contributed by atoms with Gasteiger partial charge in [-0.2, -0.15) is 0 Å². The molecule has 3 N–H and O–H groups in total. The van der Waals surface area contributed by atoms with Gasteiger partial charge in [0.25, 0.3) is 5.91 Å². The van der Waals surface area contributed by atoms with E-state index in [1.807, 2.05) is 0 Å². The normalized spacial score (nSPS) is 10.2. The Morgan fingerprint density at radius 1 is 1.36 bits per heavy atom. The van der Waals surface area contributed by atoms with E-state index in [-0.39, 0.29) is 29.8 Å². The molecule has 1 amide bonds. The van der Waals surface area contributed by atoms with Gasteiger partial charge in [-0.15, -0.1) is 0 Å². The first-order chi connectivity index (χ1) is 10.5. The third-order valence-electron chi connectivity index (χ3n) is 2.92. The molecule has 2 aromatic rings. The lowest BCUT2D eigenvalue weighted by atomic mass is 10.2. The van der Waals surface area contributed by atoms with Crippen molar-refractivity contribution >= 4 is 17.5 Å². The van der Waals surface area contributed by atoms with E-state index in [0.717, 1.165) is 0 Å². The highest BCUT2D eigenvalue weighted by atomic mass is 16.6. The van der Waals surface area contributed by atoms with Gasteiger partial charge >= 0.3 is 5.82 Å². The van der Waals surface area contributed by atoms with Crippen LogP contribution in [0.2, 0.25) is 0 Å². The van der Waals surface area contributed by atoms with Crippen molar-refractivity contribution in [2.24, 2.45) is 7.05 Å². The van der Waals surface area contributed by atoms with Crippen LogP contribution in [0.1, 0.15) is 10.4 Å². The van der Waals surface area contributed by atoms with Crippen molar-refractivity contribution in [2.45, 2.75) is 0 Å². The monoisotopic (exact) mass is 305 g/mol. The number of amides is 1. The zero-order valence-electron chi connectivity index (χ0n) is 11.8. The quantitative estimate of drug-likeness (QED) is 0.413. The molecule has 1 aromatic heterocycles. The predicted octanol–water partition coefficient (Wildman–Crippen LogP) is 0.876. The SMILES string of the molecule is Cn1cnc([N+](=O)[O-])c1NCCNC(=O)c1ccc(O)cc1. The molecule has 1 aromatic carbocycles. The van der Waals surface area contributed by atoms with E-state index in [1.54, 1.807) is 7.05 Å². The summed E-state index contributed by atoms with van der Waals surface area (Å²) in [5.41, 5.74) is 0.421. The molecule has 0 saturated heterocycles. The molecule has 0 aliphatic heterocycles. The van der Waals surface area contributed by atoms with E-state index in [1.165, 1.54) is 35.2 Å². The summed E-state index contributed by atoms with van der Waals surface area (Å²) in [7, 11) is 1.64. The largest absolute Gasteiger partial charge is 0.508 e. The highest BCUT2D eigenvalue weighted by molar-refractivity contribution is 5.94.